The van der Waals surface area contributed by atoms with Crippen molar-refractivity contribution in [2.75, 3.05) is 11.9 Å². The Morgan fingerprint density at radius 2 is 1.89 bits per heavy atom. The molecular weight excluding hydrogens is 242 g/mol. The van der Waals surface area contributed by atoms with E-state index in [9.17, 15) is 9.59 Å². The second-order valence-electron chi connectivity index (χ2n) is 4.19. The summed E-state index contributed by atoms with van der Waals surface area (Å²) in [5.41, 5.74) is 1.88. The van der Waals surface area contributed by atoms with E-state index in [0.29, 0.717) is 0 Å². The van der Waals surface area contributed by atoms with Crippen molar-refractivity contribution in [3.05, 3.63) is 58.0 Å². The number of hydrogen-bond acceptors (Lipinski definition) is 3. The molecule has 0 saturated carbocycles. The SMILES string of the molecule is CCc1ccc(N(C)C(=O)c2ccc(=O)[nH]n2)cc1. The Kier molecular flexibility index (Phi) is 3.75. The zero-order chi connectivity index (χ0) is 13.8. The number of nitrogens with zero attached hydrogens (tertiary/aromatic N) is 2. The van der Waals surface area contributed by atoms with Crippen LogP contribution < -0.4 is 10.5 Å². The Morgan fingerprint density at radius 3 is 2.42 bits per heavy atom. The molecule has 0 saturated heterocycles. The Bertz CT molecular complexity index is 611. The molecule has 2 rings (SSSR count). The summed E-state index contributed by atoms with van der Waals surface area (Å²) in [5.74, 6) is -0.263. The van der Waals surface area contributed by atoms with Gasteiger partial charge in [0.05, 0.1) is 0 Å². The molecule has 1 N–H and O–H groups in total. The third-order valence-electron chi connectivity index (χ3n) is 2.93. The summed E-state index contributed by atoms with van der Waals surface area (Å²) in [7, 11) is 1.68. The number of hydrogen-bond donors (Lipinski definition) is 1. The van der Waals surface area contributed by atoms with Gasteiger partial charge < -0.3 is 4.90 Å². The monoisotopic (exact) mass is 257 g/mol. The maximum atomic E-state index is 12.2. The van der Waals surface area contributed by atoms with Crippen LogP contribution in [0.2, 0.25) is 0 Å². The summed E-state index contributed by atoms with van der Waals surface area (Å²) in [4.78, 5) is 24.6. The Balaban J connectivity index is 2.22. The highest BCUT2D eigenvalue weighted by Crippen LogP contribution is 2.15. The smallest absolute Gasteiger partial charge is 0.278 e. The maximum Gasteiger partial charge on any atom is 0.278 e. The summed E-state index contributed by atoms with van der Waals surface area (Å²) >= 11 is 0. The third kappa shape index (κ3) is 2.88. The summed E-state index contributed by atoms with van der Waals surface area (Å²) in [6.07, 6.45) is 0.958. The molecule has 1 aromatic heterocycles. The Morgan fingerprint density at radius 1 is 1.21 bits per heavy atom. The van der Waals surface area contributed by atoms with E-state index in [4.69, 9.17) is 0 Å². The van der Waals surface area contributed by atoms with Crippen LogP contribution in [-0.4, -0.2) is 23.2 Å². The van der Waals surface area contributed by atoms with E-state index in [-0.39, 0.29) is 17.2 Å². The second kappa shape index (κ2) is 5.48. The first-order valence-corrected chi connectivity index (χ1v) is 6.04. The van der Waals surface area contributed by atoms with Crippen LogP contribution in [0, 0.1) is 0 Å². The van der Waals surface area contributed by atoms with Crippen molar-refractivity contribution in [2.24, 2.45) is 0 Å². The number of nitrogens with one attached hydrogen (secondary N) is 1. The van der Waals surface area contributed by atoms with Crippen LogP contribution in [0.1, 0.15) is 23.0 Å². The lowest BCUT2D eigenvalue weighted by Crippen LogP contribution is -2.28. The van der Waals surface area contributed by atoms with E-state index in [1.54, 1.807) is 7.05 Å². The molecule has 0 radical (unpaired) electrons. The van der Waals surface area contributed by atoms with Gasteiger partial charge in [-0.3, -0.25) is 9.59 Å². The third-order valence-corrected chi connectivity index (χ3v) is 2.93. The number of anilines is 1. The first-order chi connectivity index (χ1) is 9.11. The molecule has 0 spiro atoms. The van der Waals surface area contributed by atoms with Crippen LogP contribution in [0.15, 0.2) is 41.2 Å². The summed E-state index contributed by atoms with van der Waals surface area (Å²) in [6, 6.07) is 10.5. The number of H-pyrrole nitrogens is 1. The lowest BCUT2D eigenvalue weighted by molar-refractivity contribution is 0.0987. The fraction of sp³-hybridized carbons (Fsp3) is 0.214. The van der Waals surface area contributed by atoms with E-state index in [1.165, 1.54) is 22.6 Å². The highest BCUT2D eigenvalue weighted by Gasteiger charge is 2.14. The topological polar surface area (TPSA) is 66.1 Å². The van der Waals surface area contributed by atoms with Gasteiger partial charge in [0, 0.05) is 18.8 Å². The molecule has 0 unspecified atom stereocenters. The van der Waals surface area contributed by atoms with Gasteiger partial charge in [0.15, 0.2) is 0 Å². The predicted molar refractivity (Wildman–Crippen MR) is 73.4 cm³/mol. The van der Waals surface area contributed by atoms with Crippen LogP contribution in [0.5, 0.6) is 0 Å². The molecule has 0 aliphatic heterocycles. The first kappa shape index (κ1) is 13.0. The van der Waals surface area contributed by atoms with E-state index < -0.39 is 0 Å². The minimum Gasteiger partial charge on any atom is -0.310 e. The normalized spacial score (nSPS) is 10.2. The largest absolute Gasteiger partial charge is 0.310 e. The number of aromatic nitrogens is 2. The van der Waals surface area contributed by atoms with Crippen molar-refractivity contribution in [3.8, 4) is 0 Å². The van der Waals surface area contributed by atoms with E-state index >= 15 is 0 Å². The number of aryl methyl sites for hydroxylation is 1. The molecule has 5 nitrogen and oxygen atoms in total. The van der Waals surface area contributed by atoms with Gasteiger partial charge in [-0.05, 0) is 30.2 Å². The lowest BCUT2D eigenvalue weighted by atomic mass is 10.1. The van der Waals surface area contributed by atoms with Crippen molar-refractivity contribution >= 4 is 11.6 Å². The molecule has 0 atom stereocenters. The Hall–Kier alpha value is -2.43. The summed E-state index contributed by atoms with van der Waals surface area (Å²) in [6.45, 7) is 2.08. The molecule has 1 amide bonds. The van der Waals surface area contributed by atoms with E-state index in [1.807, 2.05) is 24.3 Å². The van der Waals surface area contributed by atoms with Crippen LogP contribution in [0.4, 0.5) is 5.69 Å². The minimum absolute atomic E-state index is 0.210. The van der Waals surface area contributed by atoms with Crippen LogP contribution in [-0.2, 0) is 6.42 Å². The molecule has 0 fully saturated rings. The standard InChI is InChI=1S/C14H15N3O2/c1-3-10-4-6-11(7-5-10)17(2)14(19)12-8-9-13(18)16-15-12/h4-9H,3H2,1-2H3,(H,16,18). The molecular formula is C14H15N3O2. The average molecular weight is 257 g/mol. The van der Waals surface area contributed by atoms with Crippen molar-refractivity contribution in [3.63, 3.8) is 0 Å². The van der Waals surface area contributed by atoms with Crippen molar-refractivity contribution in [1.82, 2.24) is 10.2 Å². The predicted octanol–water partition coefficient (Wildman–Crippen LogP) is 1.61. The zero-order valence-electron chi connectivity index (χ0n) is 10.9. The average Bonchev–Trinajstić information content (AvgIpc) is 2.46. The molecule has 98 valence electrons. The molecule has 0 aliphatic rings. The van der Waals surface area contributed by atoms with Gasteiger partial charge in [0.1, 0.15) is 5.69 Å². The minimum atomic E-state index is -0.327. The number of rotatable bonds is 3. The van der Waals surface area contributed by atoms with Gasteiger partial charge in [0.25, 0.3) is 11.5 Å². The zero-order valence-corrected chi connectivity index (χ0v) is 10.9. The van der Waals surface area contributed by atoms with Crippen LogP contribution >= 0.6 is 0 Å². The molecule has 1 aromatic carbocycles. The fourth-order valence-electron chi connectivity index (χ4n) is 1.71. The fourth-order valence-corrected chi connectivity index (χ4v) is 1.71. The molecule has 5 heteroatoms. The molecule has 2 aromatic rings. The Labute approximate surface area is 110 Å². The van der Waals surface area contributed by atoms with Gasteiger partial charge in [-0.2, -0.15) is 5.10 Å². The maximum absolute atomic E-state index is 12.2. The van der Waals surface area contributed by atoms with Crippen LogP contribution in [0.3, 0.4) is 0 Å². The van der Waals surface area contributed by atoms with Gasteiger partial charge in [-0.15, -0.1) is 0 Å². The lowest BCUT2D eigenvalue weighted by Gasteiger charge is -2.16. The number of aromatic amines is 1. The van der Waals surface area contributed by atoms with Crippen molar-refractivity contribution < 1.29 is 4.79 Å². The first-order valence-electron chi connectivity index (χ1n) is 6.04. The molecule has 19 heavy (non-hydrogen) atoms. The molecule has 1 heterocycles. The van der Waals surface area contributed by atoms with E-state index in [0.717, 1.165) is 12.1 Å². The highest BCUT2D eigenvalue weighted by molar-refractivity contribution is 6.04. The van der Waals surface area contributed by atoms with Crippen molar-refractivity contribution in [2.45, 2.75) is 13.3 Å². The van der Waals surface area contributed by atoms with Crippen molar-refractivity contribution in [1.29, 1.82) is 0 Å². The number of amides is 1. The second-order valence-corrected chi connectivity index (χ2v) is 4.19. The molecule has 0 aliphatic carbocycles. The van der Waals surface area contributed by atoms with Gasteiger partial charge in [-0.25, -0.2) is 5.10 Å². The summed E-state index contributed by atoms with van der Waals surface area (Å²) in [5, 5.41) is 5.98. The number of carbonyl (C=O) groups excluding carboxylic acids is 1. The van der Waals surface area contributed by atoms with Gasteiger partial charge in [-0.1, -0.05) is 19.1 Å². The molecule has 0 bridgehead atoms. The summed E-state index contributed by atoms with van der Waals surface area (Å²) < 4.78 is 0. The number of benzene rings is 1. The van der Waals surface area contributed by atoms with Crippen LogP contribution in [0.25, 0.3) is 0 Å². The quantitative estimate of drug-likeness (QED) is 0.908. The van der Waals surface area contributed by atoms with Gasteiger partial charge in [0.2, 0.25) is 0 Å². The van der Waals surface area contributed by atoms with E-state index in [2.05, 4.69) is 17.1 Å². The number of carbonyl (C=O) groups is 1. The van der Waals surface area contributed by atoms with Gasteiger partial charge >= 0.3 is 0 Å². The highest BCUT2D eigenvalue weighted by atomic mass is 16.2.